The van der Waals surface area contributed by atoms with Crippen molar-refractivity contribution in [1.29, 1.82) is 0 Å². The number of H-pyrrole nitrogens is 1. The molecule has 1 atom stereocenters. The van der Waals surface area contributed by atoms with E-state index in [-0.39, 0.29) is 5.92 Å². The summed E-state index contributed by atoms with van der Waals surface area (Å²) in [4.78, 5) is 18.7. The Morgan fingerprint density at radius 3 is 2.78 bits per heavy atom. The van der Waals surface area contributed by atoms with Gasteiger partial charge in [0.1, 0.15) is 11.1 Å². The zero-order chi connectivity index (χ0) is 13.1. The molecular weight excluding hydrogens is 248 g/mol. The van der Waals surface area contributed by atoms with Gasteiger partial charge in [0.15, 0.2) is 0 Å². The van der Waals surface area contributed by atoms with E-state index in [0.29, 0.717) is 5.75 Å². The maximum atomic E-state index is 11.1. The van der Waals surface area contributed by atoms with E-state index in [2.05, 4.69) is 9.97 Å². The second kappa shape index (κ2) is 5.44. The first-order valence-electron chi connectivity index (χ1n) is 5.86. The number of aliphatic carboxylic acids is 1. The predicted molar refractivity (Wildman–Crippen MR) is 73.7 cm³/mol. The molecule has 18 heavy (non-hydrogen) atoms. The van der Waals surface area contributed by atoms with Crippen molar-refractivity contribution in [3.8, 4) is 0 Å². The van der Waals surface area contributed by atoms with Crippen LogP contribution in [0.15, 0.2) is 24.3 Å². The number of nitrogens with zero attached hydrogens (tertiary/aromatic N) is 1. The Hall–Kier alpha value is -1.49. The van der Waals surface area contributed by atoms with E-state index in [4.69, 9.17) is 5.11 Å². The predicted octanol–water partition coefficient (Wildman–Crippen LogP) is 2.91. The van der Waals surface area contributed by atoms with Gasteiger partial charge >= 0.3 is 5.97 Å². The molecule has 96 valence electrons. The molecular formula is C13H16N2O2S. The van der Waals surface area contributed by atoms with Crippen molar-refractivity contribution in [2.75, 3.05) is 0 Å². The van der Waals surface area contributed by atoms with E-state index in [1.165, 1.54) is 11.8 Å². The topological polar surface area (TPSA) is 66.0 Å². The van der Waals surface area contributed by atoms with Crippen LogP contribution in [-0.2, 0) is 10.5 Å². The average molecular weight is 264 g/mol. The lowest BCUT2D eigenvalue weighted by atomic mass is 10.1. The molecule has 0 saturated heterocycles. The molecule has 2 aromatic rings. The van der Waals surface area contributed by atoms with Crippen molar-refractivity contribution in [2.45, 2.75) is 24.9 Å². The first-order valence-corrected chi connectivity index (χ1v) is 6.91. The van der Waals surface area contributed by atoms with E-state index >= 15 is 0 Å². The van der Waals surface area contributed by atoms with Crippen molar-refractivity contribution >= 4 is 28.8 Å². The summed E-state index contributed by atoms with van der Waals surface area (Å²) in [5, 5.41) is 8.72. The third kappa shape index (κ3) is 2.85. The van der Waals surface area contributed by atoms with Gasteiger partial charge in [0, 0.05) is 0 Å². The van der Waals surface area contributed by atoms with Crippen LogP contribution in [0.5, 0.6) is 0 Å². The van der Waals surface area contributed by atoms with Crippen molar-refractivity contribution in [2.24, 2.45) is 5.92 Å². The first kappa shape index (κ1) is 13.0. The summed E-state index contributed by atoms with van der Waals surface area (Å²) in [6, 6.07) is 7.80. The number of para-hydroxylation sites is 2. The van der Waals surface area contributed by atoms with Gasteiger partial charge in [-0.3, -0.25) is 4.79 Å². The SMILES string of the molecule is CC(C)C(SCc1nc2ccccc2[nH]1)C(=O)O. The number of thioether (sulfide) groups is 1. The van der Waals surface area contributed by atoms with Gasteiger partial charge in [-0.1, -0.05) is 26.0 Å². The van der Waals surface area contributed by atoms with Crippen LogP contribution >= 0.6 is 11.8 Å². The molecule has 0 aliphatic carbocycles. The molecule has 1 aromatic carbocycles. The number of aromatic amines is 1. The molecule has 4 nitrogen and oxygen atoms in total. The molecule has 0 spiro atoms. The number of carboxylic acid groups (broad SMARTS) is 1. The number of carboxylic acids is 1. The third-order valence-electron chi connectivity index (χ3n) is 2.69. The smallest absolute Gasteiger partial charge is 0.316 e. The molecule has 1 unspecified atom stereocenters. The van der Waals surface area contributed by atoms with Gasteiger partial charge in [0.25, 0.3) is 0 Å². The Morgan fingerprint density at radius 1 is 1.44 bits per heavy atom. The number of aromatic nitrogens is 2. The fraction of sp³-hybridized carbons (Fsp3) is 0.385. The monoisotopic (exact) mass is 264 g/mol. The zero-order valence-electron chi connectivity index (χ0n) is 10.4. The highest BCUT2D eigenvalue weighted by molar-refractivity contribution is 7.99. The van der Waals surface area contributed by atoms with Gasteiger partial charge in [-0.25, -0.2) is 4.98 Å². The summed E-state index contributed by atoms with van der Waals surface area (Å²) < 4.78 is 0. The summed E-state index contributed by atoms with van der Waals surface area (Å²) >= 11 is 1.41. The van der Waals surface area contributed by atoms with Gasteiger partial charge in [-0.15, -0.1) is 11.8 Å². The third-order valence-corrected chi connectivity index (χ3v) is 4.23. The zero-order valence-corrected chi connectivity index (χ0v) is 11.2. The number of fused-ring (bicyclic) bond motifs is 1. The molecule has 1 aromatic heterocycles. The van der Waals surface area contributed by atoms with E-state index in [1.807, 2.05) is 38.1 Å². The number of carbonyl (C=O) groups is 1. The van der Waals surface area contributed by atoms with Crippen LogP contribution < -0.4 is 0 Å². The van der Waals surface area contributed by atoms with Crippen LogP contribution in [0.3, 0.4) is 0 Å². The number of hydrogen-bond donors (Lipinski definition) is 2. The quantitative estimate of drug-likeness (QED) is 0.871. The normalized spacial score (nSPS) is 13.1. The minimum atomic E-state index is -0.758. The first-order chi connectivity index (χ1) is 8.58. The van der Waals surface area contributed by atoms with Crippen LogP contribution in [-0.4, -0.2) is 26.3 Å². The molecule has 0 amide bonds. The standard InChI is InChI=1S/C13H16N2O2S/c1-8(2)12(13(16)17)18-7-11-14-9-5-3-4-6-10(9)15-11/h3-6,8,12H,7H2,1-2H3,(H,14,15)(H,16,17). The molecule has 2 N–H and O–H groups in total. The molecule has 0 fully saturated rings. The van der Waals surface area contributed by atoms with Crippen molar-refractivity contribution in [1.82, 2.24) is 9.97 Å². The largest absolute Gasteiger partial charge is 0.480 e. The number of hydrogen-bond acceptors (Lipinski definition) is 3. The maximum Gasteiger partial charge on any atom is 0.316 e. The molecule has 0 radical (unpaired) electrons. The Bertz CT molecular complexity index is 518. The van der Waals surface area contributed by atoms with E-state index in [1.54, 1.807) is 0 Å². The van der Waals surface area contributed by atoms with Gasteiger partial charge < -0.3 is 10.1 Å². The maximum absolute atomic E-state index is 11.1. The van der Waals surface area contributed by atoms with Crippen molar-refractivity contribution in [3.05, 3.63) is 30.1 Å². The lowest BCUT2D eigenvalue weighted by molar-refractivity contribution is -0.137. The fourth-order valence-electron chi connectivity index (χ4n) is 1.79. The van der Waals surface area contributed by atoms with Crippen LogP contribution in [0, 0.1) is 5.92 Å². The molecule has 0 bridgehead atoms. The Morgan fingerprint density at radius 2 is 2.17 bits per heavy atom. The van der Waals surface area contributed by atoms with Gasteiger partial charge in [-0.2, -0.15) is 0 Å². The summed E-state index contributed by atoms with van der Waals surface area (Å²) in [6.45, 7) is 3.84. The number of nitrogens with one attached hydrogen (secondary N) is 1. The summed E-state index contributed by atoms with van der Waals surface area (Å²) in [6.07, 6.45) is 0. The van der Waals surface area contributed by atoms with Crippen LogP contribution in [0.1, 0.15) is 19.7 Å². The summed E-state index contributed by atoms with van der Waals surface area (Å²) in [5.74, 6) is 0.764. The highest BCUT2D eigenvalue weighted by Crippen LogP contribution is 2.24. The van der Waals surface area contributed by atoms with Crippen LogP contribution in [0.2, 0.25) is 0 Å². The van der Waals surface area contributed by atoms with Crippen LogP contribution in [0.4, 0.5) is 0 Å². The molecule has 5 heteroatoms. The Labute approximate surface area is 110 Å². The summed E-state index contributed by atoms with van der Waals surface area (Å²) in [7, 11) is 0. The lowest BCUT2D eigenvalue weighted by Crippen LogP contribution is -2.22. The lowest BCUT2D eigenvalue weighted by Gasteiger charge is -2.14. The minimum Gasteiger partial charge on any atom is -0.480 e. The molecule has 0 saturated carbocycles. The molecule has 0 aliphatic heterocycles. The fourth-order valence-corrected chi connectivity index (χ4v) is 2.79. The Kier molecular flexibility index (Phi) is 3.91. The highest BCUT2D eigenvalue weighted by Gasteiger charge is 2.22. The van der Waals surface area contributed by atoms with E-state index < -0.39 is 11.2 Å². The van der Waals surface area contributed by atoms with Gasteiger partial charge in [0.2, 0.25) is 0 Å². The second-order valence-electron chi connectivity index (χ2n) is 4.51. The van der Waals surface area contributed by atoms with Gasteiger partial charge in [0.05, 0.1) is 16.8 Å². The van der Waals surface area contributed by atoms with Crippen molar-refractivity contribution < 1.29 is 9.90 Å². The van der Waals surface area contributed by atoms with E-state index in [9.17, 15) is 4.79 Å². The minimum absolute atomic E-state index is 0.108. The van der Waals surface area contributed by atoms with Crippen LogP contribution in [0.25, 0.3) is 11.0 Å². The summed E-state index contributed by atoms with van der Waals surface area (Å²) in [5.41, 5.74) is 1.91. The van der Waals surface area contributed by atoms with Gasteiger partial charge in [-0.05, 0) is 18.1 Å². The molecule has 0 aliphatic rings. The van der Waals surface area contributed by atoms with E-state index in [0.717, 1.165) is 16.9 Å². The molecule has 2 rings (SSSR count). The number of rotatable bonds is 5. The molecule has 1 heterocycles. The van der Waals surface area contributed by atoms with Crippen molar-refractivity contribution in [3.63, 3.8) is 0 Å². The highest BCUT2D eigenvalue weighted by atomic mass is 32.2. The number of benzene rings is 1. The second-order valence-corrected chi connectivity index (χ2v) is 5.64. The average Bonchev–Trinajstić information content (AvgIpc) is 2.70. The Balaban J connectivity index is 2.07. The number of imidazole rings is 1.